The van der Waals surface area contributed by atoms with Gasteiger partial charge in [-0.25, -0.2) is 0 Å². The molecule has 2 heterocycles. The Morgan fingerprint density at radius 3 is 1.39 bits per heavy atom. The fraction of sp³-hybridized carbons (Fsp3) is 0.909. The van der Waals surface area contributed by atoms with Gasteiger partial charge in [-0.1, -0.05) is 61.0 Å². The molecule has 0 aromatic carbocycles. The van der Waals surface area contributed by atoms with E-state index in [-0.39, 0.29) is 30.9 Å². The standard InChI is InChI=1S/2C11H21NOS2.Zn/c2*1-3-4-5-6-7-11(2)12(10(14)15)8-9-13-11;/h2*3-9H2,1-2H3,(H,14,15);/q;;+2/p-2. The molecule has 0 radical (unpaired) electrons. The van der Waals surface area contributed by atoms with Crippen LogP contribution < -0.4 is 0 Å². The van der Waals surface area contributed by atoms with E-state index in [0.717, 1.165) is 39.1 Å². The summed E-state index contributed by atoms with van der Waals surface area (Å²) in [6.07, 6.45) is 12.1. The van der Waals surface area contributed by atoms with Gasteiger partial charge >= 0.3 is 19.5 Å². The number of thiocarbonyl (C=S) groups is 2. The molecule has 0 spiro atoms. The molecular formula is C22H40N2O2S4Zn. The van der Waals surface area contributed by atoms with E-state index in [1.807, 2.05) is 9.80 Å². The van der Waals surface area contributed by atoms with Gasteiger partial charge in [-0.05, 0) is 39.5 Å². The second-order valence-corrected chi connectivity index (χ2v) is 10.6. The summed E-state index contributed by atoms with van der Waals surface area (Å²) in [5, 5.41) is 0. The average molecular weight is 558 g/mol. The fourth-order valence-corrected chi connectivity index (χ4v) is 5.22. The first kappa shape index (κ1) is 31.8. The smallest absolute Gasteiger partial charge is 0.411 e. The van der Waals surface area contributed by atoms with Crippen LogP contribution in [0.2, 0.25) is 0 Å². The van der Waals surface area contributed by atoms with E-state index in [0.29, 0.717) is 8.64 Å². The van der Waals surface area contributed by atoms with Gasteiger partial charge in [0.2, 0.25) is 0 Å². The topological polar surface area (TPSA) is 24.9 Å². The van der Waals surface area contributed by atoms with Crippen LogP contribution in [0.4, 0.5) is 0 Å². The molecule has 2 aliphatic rings. The Hall–Kier alpha value is 0.763. The molecule has 4 nitrogen and oxygen atoms in total. The summed E-state index contributed by atoms with van der Waals surface area (Å²) in [6.45, 7) is 11.9. The van der Waals surface area contributed by atoms with Gasteiger partial charge in [0, 0.05) is 13.1 Å². The zero-order valence-electron chi connectivity index (χ0n) is 20.0. The molecule has 0 bridgehead atoms. The molecule has 0 aromatic heterocycles. The second-order valence-electron chi connectivity index (χ2n) is 8.50. The molecule has 0 N–H and O–H groups in total. The number of rotatable bonds is 10. The first-order valence-corrected chi connectivity index (χ1v) is 13.1. The van der Waals surface area contributed by atoms with E-state index in [1.54, 1.807) is 0 Å². The Morgan fingerprint density at radius 2 is 1.10 bits per heavy atom. The van der Waals surface area contributed by atoms with Gasteiger partial charge in [0.15, 0.2) is 0 Å². The van der Waals surface area contributed by atoms with Crippen molar-refractivity contribution in [2.24, 2.45) is 0 Å². The molecule has 2 unspecified atom stereocenters. The molecule has 2 rings (SSSR count). The third kappa shape index (κ3) is 10.7. The van der Waals surface area contributed by atoms with Gasteiger partial charge in [0.25, 0.3) is 0 Å². The van der Waals surface area contributed by atoms with Gasteiger partial charge in [0.05, 0.1) is 13.2 Å². The molecule has 9 heteroatoms. The summed E-state index contributed by atoms with van der Waals surface area (Å²) in [5.41, 5.74) is -0.459. The van der Waals surface area contributed by atoms with Crippen molar-refractivity contribution < 1.29 is 29.0 Å². The van der Waals surface area contributed by atoms with Crippen molar-refractivity contribution in [1.82, 2.24) is 9.80 Å². The maximum atomic E-state index is 5.77. The van der Waals surface area contributed by atoms with Crippen molar-refractivity contribution >= 4 is 58.3 Å². The van der Waals surface area contributed by atoms with Crippen LogP contribution in [0.5, 0.6) is 0 Å². The Labute approximate surface area is 225 Å². The predicted molar refractivity (Wildman–Crippen MR) is 140 cm³/mol. The van der Waals surface area contributed by atoms with Crippen molar-refractivity contribution in [2.75, 3.05) is 26.3 Å². The van der Waals surface area contributed by atoms with Gasteiger partial charge in [-0.15, -0.1) is 0 Å². The zero-order valence-corrected chi connectivity index (χ0v) is 26.2. The molecule has 2 fully saturated rings. The van der Waals surface area contributed by atoms with Crippen molar-refractivity contribution in [3.05, 3.63) is 0 Å². The summed E-state index contributed by atoms with van der Waals surface area (Å²) in [4.78, 5) is 4.09. The van der Waals surface area contributed by atoms with Crippen LogP contribution in [-0.2, 0) is 54.2 Å². The van der Waals surface area contributed by atoms with Gasteiger partial charge in [-0.2, -0.15) is 0 Å². The monoisotopic (exact) mass is 556 g/mol. The number of hydrogen-bond acceptors (Lipinski definition) is 6. The fourth-order valence-electron chi connectivity index (χ4n) is 4.09. The first-order valence-electron chi connectivity index (χ1n) is 11.5. The number of nitrogens with zero attached hydrogens (tertiary/aromatic N) is 2. The largest absolute Gasteiger partial charge is 2.00 e. The second kappa shape index (κ2) is 16.4. The Morgan fingerprint density at radius 1 is 0.742 bits per heavy atom. The molecule has 2 atom stereocenters. The molecule has 31 heavy (non-hydrogen) atoms. The van der Waals surface area contributed by atoms with Crippen molar-refractivity contribution in [3.63, 3.8) is 0 Å². The summed E-state index contributed by atoms with van der Waals surface area (Å²) in [5.74, 6) is 0. The van der Waals surface area contributed by atoms with Crippen LogP contribution in [0, 0.1) is 0 Å². The molecule has 0 saturated carbocycles. The quantitative estimate of drug-likeness (QED) is 0.147. The van der Waals surface area contributed by atoms with Crippen LogP contribution in [0.25, 0.3) is 0 Å². The van der Waals surface area contributed by atoms with E-state index in [1.165, 1.54) is 51.4 Å². The van der Waals surface area contributed by atoms with Crippen LogP contribution in [0.15, 0.2) is 0 Å². The van der Waals surface area contributed by atoms with Crippen LogP contribution in [-0.4, -0.2) is 56.2 Å². The predicted octanol–water partition coefficient (Wildman–Crippen LogP) is 5.67. The van der Waals surface area contributed by atoms with Gasteiger partial charge < -0.3 is 69.0 Å². The molecule has 2 aliphatic heterocycles. The molecule has 176 valence electrons. The Kier molecular flexibility index (Phi) is 16.8. The van der Waals surface area contributed by atoms with Gasteiger partial charge in [0.1, 0.15) is 11.4 Å². The van der Waals surface area contributed by atoms with Crippen LogP contribution in [0.3, 0.4) is 0 Å². The molecule has 0 amide bonds. The Bertz CT molecular complexity index is 498. The van der Waals surface area contributed by atoms with E-state index in [4.69, 9.17) is 59.2 Å². The van der Waals surface area contributed by atoms with Crippen molar-refractivity contribution in [1.29, 1.82) is 0 Å². The van der Waals surface area contributed by atoms with E-state index in [2.05, 4.69) is 27.7 Å². The maximum Gasteiger partial charge on any atom is 2.00 e. The maximum absolute atomic E-state index is 5.77. The Balaban J connectivity index is 0.000000562. The normalized spacial score (nSPS) is 25.0. The average Bonchev–Trinajstić information content (AvgIpc) is 3.27. The zero-order chi connectivity index (χ0) is 22.6. The summed E-state index contributed by atoms with van der Waals surface area (Å²) in [7, 11) is 0. The van der Waals surface area contributed by atoms with Crippen LogP contribution >= 0.6 is 24.4 Å². The van der Waals surface area contributed by atoms with E-state index in [9.17, 15) is 0 Å². The van der Waals surface area contributed by atoms with Crippen molar-refractivity contribution in [2.45, 2.75) is 103 Å². The minimum atomic E-state index is -0.230. The summed E-state index contributed by atoms with van der Waals surface area (Å²) < 4.78 is 12.6. The summed E-state index contributed by atoms with van der Waals surface area (Å²) >= 11 is 20.3. The first-order chi connectivity index (χ1) is 14.2. The molecule has 0 aromatic rings. The SMILES string of the molecule is CCCCCCC1(C)OCCN1C(=S)[S-].CCCCCCC1(C)OCCN1C(=S)[S-].[Zn+2]. The number of ether oxygens (including phenoxy) is 2. The molecule has 0 aliphatic carbocycles. The van der Waals surface area contributed by atoms with Crippen LogP contribution in [0.1, 0.15) is 91.9 Å². The summed E-state index contributed by atoms with van der Waals surface area (Å²) in [6, 6.07) is 0. The molecular weight excluding hydrogens is 518 g/mol. The van der Waals surface area contributed by atoms with Gasteiger partial charge in [-0.3, -0.25) is 0 Å². The third-order valence-electron chi connectivity index (χ3n) is 6.03. The number of hydrogen-bond donors (Lipinski definition) is 0. The van der Waals surface area contributed by atoms with E-state index >= 15 is 0 Å². The third-order valence-corrected chi connectivity index (χ3v) is 6.91. The molecule has 2 saturated heterocycles. The van der Waals surface area contributed by atoms with Crippen molar-refractivity contribution in [3.8, 4) is 0 Å². The number of unbranched alkanes of at least 4 members (excludes halogenated alkanes) is 6. The minimum absolute atomic E-state index is 0. The minimum Gasteiger partial charge on any atom is -0.411 e. The van der Waals surface area contributed by atoms with E-state index < -0.39 is 0 Å².